The monoisotopic (exact) mass is 566 g/mol. The molecule has 10 heteroatoms. The van der Waals surface area contributed by atoms with Crippen molar-refractivity contribution in [2.45, 2.75) is 33.1 Å². The number of carbonyl (C=O) groups excluding carboxylic acids is 1. The number of rotatable bonds is 10. The maximum atomic E-state index is 14.2. The van der Waals surface area contributed by atoms with Crippen molar-refractivity contribution in [3.63, 3.8) is 0 Å². The van der Waals surface area contributed by atoms with E-state index in [1.54, 1.807) is 24.6 Å². The van der Waals surface area contributed by atoms with E-state index in [2.05, 4.69) is 33.8 Å². The first kappa shape index (κ1) is 30.0. The molecule has 0 spiro atoms. The van der Waals surface area contributed by atoms with Crippen molar-refractivity contribution in [1.82, 2.24) is 19.7 Å². The molecule has 0 saturated heterocycles. The van der Waals surface area contributed by atoms with Gasteiger partial charge in [0, 0.05) is 43.4 Å². The number of para-hydroxylation sites is 1. The van der Waals surface area contributed by atoms with Gasteiger partial charge in [0.25, 0.3) is 11.5 Å². The van der Waals surface area contributed by atoms with Crippen LogP contribution in [-0.2, 0) is 16.5 Å². The summed E-state index contributed by atoms with van der Waals surface area (Å²) in [7, 11) is 1.65. The van der Waals surface area contributed by atoms with Crippen molar-refractivity contribution in [2.75, 3.05) is 18.9 Å². The molecule has 0 radical (unpaired) electrons. The Balaban J connectivity index is 1.84. The van der Waals surface area contributed by atoms with Crippen molar-refractivity contribution >= 4 is 34.5 Å². The normalized spacial score (nSPS) is 11.9. The first-order chi connectivity index (χ1) is 20.3. The Hall–Kier alpha value is -4.98. The molecule has 0 bridgehead atoms. The second-order valence-electron chi connectivity index (χ2n) is 9.24. The molecule has 0 aliphatic carbocycles. The van der Waals surface area contributed by atoms with Gasteiger partial charge in [0.2, 0.25) is 6.29 Å². The van der Waals surface area contributed by atoms with Crippen molar-refractivity contribution in [2.24, 2.45) is 12.0 Å². The molecule has 10 nitrogen and oxygen atoms in total. The number of anilines is 1. The molecular formula is C32H34N6O4. The molecule has 3 N–H and O–H groups in total. The molecule has 2 aromatic carbocycles. The number of fused-ring (bicyclic) bond motifs is 1. The van der Waals surface area contributed by atoms with Gasteiger partial charge in [-0.3, -0.25) is 14.2 Å². The molecule has 0 aliphatic rings. The van der Waals surface area contributed by atoms with E-state index >= 15 is 0 Å². The number of aliphatic imine (C=N–C) groups is 1. The summed E-state index contributed by atoms with van der Waals surface area (Å²) in [6, 6.07) is 16.0. The summed E-state index contributed by atoms with van der Waals surface area (Å²) in [5.41, 5.74) is 7.68. The van der Waals surface area contributed by atoms with Crippen LogP contribution in [0.2, 0.25) is 0 Å². The Morgan fingerprint density at radius 1 is 1.17 bits per heavy atom. The van der Waals surface area contributed by atoms with Crippen LogP contribution in [0.3, 0.4) is 0 Å². The lowest BCUT2D eigenvalue weighted by Crippen LogP contribution is -2.32. The number of amides is 1. The zero-order chi connectivity index (χ0) is 30.2. The second-order valence-corrected chi connectivity index (χ2v) is 9.24. The highest BCUT2D eigenvalue weighted by Gasteiger charge is 2.25. The second kappa shape index (κ2) is 13.6. The van der Waals surface area contributed by atoms with Gasteiger partial charge in [-0.1, -0.05) is 48.9 Å². The number of nitrogens with zero attached hydrogens (tertiary/aromatic N) is 4. The van der Waals surface area contributed by atoms with Crippen LogP contribution in [0.5, 0.6) is 0 Å². The summed E-state index contributed by atoms with van der Waals surface area (Å²) in [5.74, 6) is 5.92. The molecule has 2 heterocycles. The number of benzene rings is 2. The molecule has 1 amide bonds. The maximum absolute atomic E-state index is 14.2. The number of ether oxygens (including phenoxy) is 2. The molecule has 2 aromatic heterocycles. The van der Waals surface area contributed by atoms with E-state index in [-0.39, 0.29) is 22.8 Å². The van der Waals surface area contributed by atoms with Gasteiger partial charge in [-0.25, -0.2) is 9.67 Å². The fourth-order valence-electron chi connectivity index (χ4n) is 4.59. The van der Waals surface area contributed by atoms with Gasteiger partial charge in [0.1, 0.15) is 5.56 Å². The molecule has 0 saturated carbocycles. The largest absolute Gasteiger partial charge is 0.381 e. The molecule has 216 valence electrons. The number of carbonyl (C=O) groups is 1. The lowest BCUT2D eigenvalue weighted by atomic mass is 10.0. The van der Waals surface area contributed by atoms with Crippen LogP contribution in [0.1, 0.15) is 48.4 Å². The van der Waals surface area contributed by atoms with E-state index in [4.69, 9.17) is 15.2 Å². The summed E-state index contributed by atoms with van der Waals surface area (Å²) in [6.07, 6.45) is 2.24. The van der Waals surface area contributed by atoms with Crippen molar-refractivity contribution in [1.29, 1.82) is 0 Å². The topological polar surface area (TPSA) is 126 Å². The summed E-state index contributed by atoms with van der Waals surface area (Å²) >= 11 is 0. The quantitative estimate of drug-likeness (QED) is 0.166. The summed E-state index contributed by atoms with van der Waals surface area (Å²) in [6.45, 7) is 10.0. The predicted octanol–water partition coefficient (Wildman–Crippen LogP) is 4.44. The van der Waals surface area contributed by atoms with Gasteiger partial charge in [-0.15, -0.1) is 0 Å². The van der Waals surface area contributed by atoms with Crippen LogP contribution in [0.25, 0.3) is 16.5 Å². The molecule has 4 rings (SSSR count). The van der Waals surface area contributed by atoms with E-state index in [1.807, 2.05) is 62.4 Å². The predicted molar refractivity (Wildman–Crippen MR) is 165 cm³/mol. The van der Waals surface area contributed by atoms with Crippen LogP contribution >= 0.6 is 0 Å². The van der Waals surface area contributed by atoms with E-state index in [0.717, 1.165) is 0 Å². The molecule has 1 atom stereocenters. The highest BCUT2D eigenvalue weighted by Crippen LogP contribution is 2.27. The third-order valence-corrected chi connectivity index (χ3v) is 6.41. The standard InChI is InChI=1S/C32H34N6O4/c1-6-19-34-30-28(29(33)36-37(30)5)31(39)35-21(4)25-20-23-14-12-13-22(17-18-26(41-7-2)42-8-3)27(23)32(40)38(25)24-15-10-9-11-16-24/h6,9-16,19-21,26H,1,7-8H2,2-5H3,(H2,33,36)(H,35,39)/b34-19-. The zero-order valence-electron chi connectivity index (χ0n) is 24.1. The molecule has 0 fully saturated rings. The maximum Gasteiger partial charge on any atom is 0.264 e. The fourth-order valence-corrected chi connectivity index (χ4v) is 4.59. The van der Waals surface area contributed by atoms with Gasteiger partial charge >= 0.3 is 0 Å². The van der Waals surface area contributed by atoms with Crippen molar-refractivity contribution < 1.29 is 14.3 Å². The number of nitrogens with one attached hydrogen (secondary N) is 1. The summed E-state index contributed by atoms with van der Waals surface area (Å²) < 4.78 is 14.1. The minimum absolute atomic E-state index is 0.0398. The van der Waals surface area contributed by atoms with E-state index in [0.29, 0.717) is 40.9 Å². The number of allylic oxidation sites excluding steroid dienone is 1. The molecule has 42 heavy (non-hydrogen) atoms. The Bertz CT molecular complexity index is 1740. The number of pyridine rings is 1. The van der Waals surface area contributed by atoms with Gasteiger partial charge in [0.05, 0.1) is 11.4 Å². The lowest BCUT2D eigenvalue weighted by Gasteiger charge is -2.21. The number of hydrogen-bond donors (Lipinski definition) is 2. The molecule has 4 aromatic rings. The lowest BCUT2D eigenvalue weighted by molar-refractivity contribution is -0.0969. The van der Waals surface area contributed by atoms with Crippen LogP contribution < -0.4 is 16.6 Å². The molecule has 1 unspecified atom stereocenters. The smallest absolute Gasteiger partial charge is 0.264 e. The van der Waals surface area contributed by atoms with Gasteiger partial charge in [0.15, 0.2) is 11.6 Å². The zero-order valence-corrected chi connectivity index (χ0v) is 24.1. The number of aryl methyl sites for hydroxylation is 1. The van der Waals surface area contributed by atoms with Gasteiger partial charge < -0.3 is 20.5 Å². The van der Waals surface area contributed by atoms with Crippen LogP contribution in [0.15, 0.2) is 77.0 Å². The van der Waals surface area contributed by atoms with Crippen LogP contribution in [0, 0.1) is 11.8 Å². The Morgan fingerprint density at radius 2 is 1.88 bits per heavy atom. The highest BCUT2D eigenvalue weighted by atomic mass is 16.7. The number of nitrogens with two attached hydrogens (primary N) is 1. The van der Waals surface area contributed by atoms with Gasteiger partial charge in [-0.2, -0.15) is 5.10 Å². The third-order valence-electron chi connectivity index (χ3n) is 6.41. The van der Waals surface area contributed by atoms with Gasteiger partial charge in [-0.05, 0) is 56.3 Å². The summed E-state index contributed by atoms with van der Waals surface area (Å²) in [5, 5.41) is 8.25. The van der Waals surface area contributed by atoms with Crippen molar-refractivity contribution in [3.8, 4) is 17.5 Å². The minimum Gasteiger partial charge on any atom is -0.381 e. The average Bonchev–Trinajstić information content (AvgIpc) is 3.27. The van der Waals surface area contributed by atoms with E-state index < -0.39 is 18.2 Å². The number of aromatic nitrogens is 3. The molecule has 0 aliphatic heterocycles. The Labute approximate surface area is 244 Å². The Morgan fingerprint density at radius 3 is 2.55 bits per heavy atom. The fraction of sp³-hybridized carbons (Fsp3) is 0.250. The van der Waals surface area contributed by atoms with Crippen LogP contribution in [-0.4, -0.2) is 46.0 Å². The Kier molecular flexibility index (Phi) is 9.70. The third kappa shape index (κ3) is 6.33. The number of nitrogen functional groups attached to an aromatic ring is 1. The number of hydrogen-bond acceptors (Lipinski definition) is 7. The van der Waals surface area contributed by atoms with E-state index in [1.165, 1.54) is 17.0 Å². The minimum atomic E-state index is -0.707. The summed E-state index contributed by atoms with van der Waals surface area (Å²) in [4.78, 5) is 32.0. The first-order valence-corrected chi connectivity index (χ1v) is 13.6. The first-order valence-electron chi connectivity index (χ1n) is 13.6. The van der Waals surface area contributed by atoms with Crippen LogP contribution in [0.4, 0.5) is 11.6 Å². The molecular weight excluding hydrogens is 532 g/mol. The van der Waals surface area contributed by atoms with E-state index in [9.17, 15) is 9.59 Å². The SMILES string of the molecule is C=C/C=N\c1c(C(=O)NC(C)c2cc3cccc(C#CC(OCC)OCC)c3c(=O)n2-c2ccccc2)c(N)nn1C. The van der Waals surface area contributed by atoms with Crippen molar-refractivity contribution in [3.05, 3.63) is 94.4 Å². The highest BCUT2D eigenvalue weighted by molar-refractivity contribution is 6.03. The average molecular weight is 567 g/mol.